The summed E-state index contributed by atoms with van der Waals surface area (Å²) < 4.78 is 1.12. The Hall–Kier alpha value is -1.17. The van der Waals surface area contributed by atoms with Gasteiger partial charge < -0.3 is 11.1 Å². The van der Waals surface area contributed by atoms with E-state index in [1.807, 2.05) is 25.1 Å². The van der Waals surface area contributed by atoms with Gasteiger partial charge in [-0.3, -0.25) is 4.79 Å². The Labute approximate surface area is 128 Å². The van der Waals surface area contributed by atoms with Crippen LogP contribution < -0.4 is 11.1 Å². The average molecular weight is 312 g/mol. The number of hydrogen-bond donors (Lipinski definition) is 2. The van der Waals surface area contributed by atoms with Crippen molar-refractivity contribution in [2.24, 2.45) is 5.73 Å². The summed E-state index contributed by atoms with van der Waals surface area (Å²) in [6.07, 6.45) is 2.85. The van der Waals surface area contributed by atoms with Crippen LogP contribution in [0.3, 0.4) is 0 Å². The predicted molar refractivity (Wildman–Crippen MR) is 84.7 cm³/mol. The summed E-state index contributed by atoms with van der Waals surface area (Å²) >= 11 is 1.65. The van der Waals surface area contributed by atoms with Crippen LogP contribution in [0.25, 0.3) is 10.2 Å². The second-order valence-electron chi connectivity index (χ2n) is 5.16. The molecule has 20 heavy (non-hydrogen) atoms. The van der Waals surface area contributed by atoms with E-state index in [0.717, 1.165) is 34.5 Å². The van der Waals surface area contributed by atoms with E-state index in [9.17, 15) is 4.79 Å². The van der Waals surface area contributed by atoms with E-state index < -0.39 is 0 Å². The molecule has 2 atom stereocenters. The number of benzene rings is 1. The van der Waals surface area contributed by atoms with Gasteiger partial charge in [-0.2, -0.15) is 0 Å². The summed E-state index contributed by atoms with van der Waals surface area (Å²) in [6.45, 7) is 1.98. The molecule has 1 aliphatic carbocycles. The molecule has 1 aliphatic rings. The molecule has 3 rings (SSSR count). The molecule has 0 aliphatic heterocycles. The molecule has 6 heteroatoms. The first-order chi connectivity index (χ1) is 9.11. The van der Waals surface area contributed by atoms with Gasteiger partial charge in [-0.25, -0.2) is 4.98 Å². The van der Waals surface area contributed by atoms with Gasteiger partial charge >= 0.3 is 0 Å². The molecule has 108 valence electrons. The minimum Gasteiger partial charge on any atom is -0.349 e. The molecule has 1 aromatic heterocycles. The number of hydrogen-bond acceptors (Lipinski definition) is 4. The minimum absolute atomic E-state index is 0. The van der Waals surface area contributed by atoms with Gasteiger partial charge in [0.25, 0.3) is 5.91 Å². The monoisotopic (exact) mass is 311 g/mol. The highest BCUT2D eigenvalue weighted by Gasteiger charge is 2.23. The van der Waals surface area contributed by atoms with Crippen molar-refractivity contribution >= 4 is 39.9 Å². The Balaban J connectivity index is 0.00000147. The number of thiazole rings is 1. The third-order valence-electron chi connectivity index (χ3n) is 3.57. The maximum Gasteiger partial charge on any atom is 0.251 e. The fraction of sp³-hybridized carbons (Fsp3) is 0.429. The predicted octanol–water partition coefficient (Wildman–Crippen LogP) is 2.64. The Morgan fingerprint density at radius 3 is 2.95 bits per heavy atom. The first-order valence-corrected chi connectivity index (χ1v) is 7.37. The van der Waals surface area contributed by atoms with Crippen LogP contribution in [0.4, 0.5) is 0 Å². The van der Waals surface area contributed by atoms with Gasteiger partial charge in [0.2, 0.25) is 0 Å². The Morgan fingerprint density at radius 2 is 2.25 bits per heavy atom. The highest BCUT2D eigenvalue weighted by atomic mass is 35.5. The summed E-state index contributed by atoms with van der Waals surface area (Å²) in [5.74, 6) is -0.0216. The molecule has 0 bridgehead atoms. The van der Waals surface area contributed by atoms with Gasteiger partial charge in [0, 0.05) is 17.6 Å². The first kappa shape index (κ1) is 15.2. The largest absolute Gasteiger partial charge is 0.349 e. The van der Waals surface area contributed by atoms with E-state index in [1.54, 1.807) is 11.3 Å². The maximum atomic E-state index is 12.2. The van der Waals surface area contributed by atoms with E-state index in [2.05, 4.69) is 10.3 Å². The number of aromatic nitrogens is 1. The van der Waals surface area contributed by atoms with Gasteiger partial charge in [-0.15, -0.1) is 23.7 Å². The van der Waals surface area contributed by atoms with Crippen molar-refractivity contribution in [2.75, 3.05) is 0 Å². The summed E-state index contributed by atoms with van der Waals surface area (Å²) in [5.41, 5.74) is 7.44. The number of nitrogens with one attached hydrogen (secondary N) is 1. The van der Waals surface area contributed by atoms with Crippen molar-refractivity contribution in [1.82, 2.24) is 10.3 Å². The molecule has 0 saturated heterocycles. The number of rotatable bonds is 2. The second-order valence-corrected chi connectivity index (χ2v) is 6.39. The zero-order chi connectivity index (χ0) is 13.4. The standard InChI is InChI=1S/C14H17N3OS.ClH/c1-8-16-12-6-9(2-5-13(12)19-8)14(18)17-11-4-3-10(15)7-11;/h2,5-6,10-11H,3-4,7,15H2,1H3,(H,17,18);1H/t10-,11-;/m1./s1. The minimum atomic E-state index is -0.0216. The molecular weight excluding hydrogens is 294 g/mol. The van der Waals surface area contributed by atoms with Gasteiger partial charge in [-0.1, -0.05) is 0 Å². The fourth-order valence-corrected chi connectivity index (χ4v) is 3.41. The van der Waals surface area contributed by atoms with Crippen LogP contribution in [-0.4, -0.2) is 23.0 Å². The molecule has 1 saturated carbocycles. The summed E-state index contributed by atoms with van der Waals surface area (Å²) in [7, 11) is 0. The van der Waals surface area contributed by atoms with E-state index in [-0.39, 0.29) is 30.4 Å². The van der Waals surface area contributed by atoms with Gasteiger partial charge in [0.05, 0.1) is 15.2 Å². The van der Waals surface area contributed by atoms with Crippen LogP contribution in [0.2, 0.25) is 0 Å². The highest BCUT2D eigenvalue weighted by Crippen LogP contribution is 2.23. The van der Waals surface area contributed by atoms with E-state index in [1.165, 1.54) is 0 Å². The highest BCUT2D eigenvalue weighted by molar-refractivity contribution is 7.18. The maximum absolute atomic E-state index is 12.2. The molecule has 4 nitrogen and oxygen atoms in total. The van der Waals surface area contributed by atoms with Crippen molar-refractivity contribution in [3.63, 3.8) is 0 Å². The lowest BCUT2D eigenvalue weighted by molar-refractivity contribution is 0.0938. The van der Waals surface area contributed by atoms with Crippen molar-refractivity contribution in [3.8, 4) is 0 Å². The molecule has 3 N–H and O–H groups in total. The van der Waals surface area contributed by atoms with Crippen LogP contribution in [0.5, 0.6) is 0 Å². The third-order valence-corrected chi connectivity index (χ3v) is 4.52. The van der Waals surface area contributed by atoms with Crippen molar-refractivity contribution in [2.45, 2.75) is 38.3 Å². The average Bonchev–Trinajstić information content (AvgIpc) is 2.93. The molecule has 0 radical (unpaired) electrons. The van der Waals surface area contributed by atoms with Crippen LogP contribution in [-0.2, 0) is 0 Å². The Kier molecular flexibility index (Phi) is 4.62. The molecule has 2 aromatic rings. The van der Waals surface area contributed by atoms with E-state index in [4.69, 9.17) is 5.73 Å². The summed E-state index contributed by atoms with van der Waals surface area (Å²) in [6, 6.07) is 6.15. The smallest absolute Gasteiger partial charge is 0.251 e. The van der Waals surface area contributed by atoms with Crippen molar-refractivity contribution in [1.29, 1.82) is 0 Å². The normalized spacial score (nSPS) is 21.7. The zero-order valence-electron chi connectivity index (χ0n) is 11.3. The Morgan fingerprint density at radius 1 is 1.45 bits per heavy atom. The van der Waals surface area contributed by atoms with Crippen molar-refractivity contribution in [3.05, 3.63) is 28.8 Å². The number of amides is 1. The van der Waals surface area contributed by atoms with Crippen LogP contribution in [0, 0.1) is 6.92 Å². The lowest BCUT2D eigenvalue weighted by Gasteiger charge is -2.12. The van der Waals surface area contributed by atoms with E-state index in [0.29, 0.717) is 5.56 Å². The summed E-state index contributed by atoms with van der Waals surface area (Å²) in [5, 5.41) is 4.08. The molecule has 0 unspecified atom stereocenters. The molecular formula is C14H18ClN3OS. The zero-order valence-corrected chi connectivity index (χ0v) is 12.9. The van der Waals surface area contributed by atoms with E-state index >= 15 is 0 Å². The number of carbonyl (C=O) groups is 1. The molecule has 1 aromatic carbocycles. The lowest BCUT2D eigenvalue weighted by Crippen LogP contribution is -2.34. The number of aryl methyl sites for hydroxylation is 1. The molecule has 1 fully saturated rings. The summed E-state index contributed by atoms with van der Waals surface area (Å²) in [4.78, 5) is 16.6. The molecule has 1 heterocycles. The van der Waals surface area contributed by atoms with Gasteiger partial charge in [-0.05, 0) is 44.4 Å². The lowest BCUT2D eigenvalue weighted by atomic mass is 10.1. The number of nitrogens with two attached hydrogens (primary N) is 1. The number of nitrogens with zero attached hydrogens (tertiary/aromatic N) is 1. The van der Waals surface area contributed by atoms with Crippen LogP contribution >= 0.6 is 23.7 Å². The first-order valence-electron chi connectivity index (χ1n) is 6.55. The second kappa shape index (κ2) is 6.08. The van der Waals surface area contributed by atoms with Gasteiger partial charge in [0.1, 0.15) is 0 Å². The van der Waals surface area contributed by atoms with Gasteiger partial charge in [0.15, 0.2) is 0 Å². The quantitative estimate of drug-likeness (QED) is 0.896. The van der Waals surface area contributed by atoms with Crippen LogP contribution in [0.15, 0.2) is 18.2 Å². The number of carbonyl (C=O) groups excluding carboxylic acids is 1. The number of fused-ring (bicyclic) bond motifs is 1. The topological polar surface area (TPSA) is 68.0 Å². The number of halogens is 1. The third kappa shape index (κ3) is 3.11. The molecule has 0 spiro atoms. The van der Waals surface area contributed by atoms with Crippen LogP contribution in [0.1, 0.15) is 34.6 Å². The SMILES string of the molecule is Cc1nc2cc(C(=O)N[C@@H]3CC[C@@H](N)C3)ccc2s1.Cl. The Bertz CT molecular complexity index is 628. The fourth-order valence-electron chi connectivity index (χ4n) is 2.60. The molecule has 1 amide bonds. The van der Waals surface area contributed by atoms with Crippen molar-refractivity contribution < 1.29 is 4.79 Å².